The molecule has 0 fully saturated rings. The van der Waals surface area contributed by atoms with E-state index in [2.05, 4.69) is 36.4 Å². The fourth-order valence-electron chi connectivity index (χ4n) is 4.71. The highest BCUT2D eigenvalue weighted by atomic mass is 14.9. The van der Waals surface area contributed by atoms with Crippen molar-refractivity contribution in [2.45, 2.75) is 46.1 Å². The van der Waals surface area contributed by atoms with Crippen LogP contribution in [0.1, 0.15) is 51.5 Å². The van der Waals surface area contributed by atoms with E-state index in [0.29, 0.717) is 6.54 Å². The van der Waals surface area contributed by atoms with Crippen LogP contribution in [0.4, 0.5) is 0 Å². The van der Waals surface area contributed by atoms with Gasteiger partial charge in [-0.25, -0.2) is 4.98 Å². The van der Waals surface area contributed by atoms with Crippen LogP contribution >= 0.6 is 0 Å². The third kappa shape index (κ3) is 2.66. The molecule has 2 aliphatic carbocycles. The van der Waals surface area contributed by atoms with Crippen molar-refractivity contribution in [3.8, 4) is 11.4 Å². The normalized spacial score (nSPS) is 16.3. The van der Waals surface area contributed by atoms with E-state index in [1.807, 2.05) is 13.8 Å². The molecule has 0 bridgehead atoms. The Morgan fingerprint density at radius 3 is 2.17 bits per heavy atom. The zero-order valence-corrected chi connectivity index (χ0v) is 16.8. The third-order valence-electron chi connectivity index (χ3n) is 6.25. The van der Waals surface area contributed by atoms with Gasteiger partial charge in [-0.2, -0.15) is 0 Å². The quantitative estimate of drug-likeness (QED) is 0.575. The second kappa shape index (κ2) is 6.18. The first-order chi connectivity index (χ1) is 14.2. The largest absolute Gasteiger partial charge is 0.276 e. The predicted molar refractivity (Wildman–Crippen MR) is 115 cm³/mol. The van der Waals surface area contributed by atoms with Crippen LogP contribution in [0.25, 0.3) is 17.5 Å². The SMILES string of the molecule is Cc1ccc2c(n1)C1=NCc3nc4c(cc3C=C1CC2)CCc1ccc(C)nc1-4. The van der Waals surface area contributed by atoms with Crippen LogP contribution in [0.3, 0.4) is 0 Å². The topological polar surface area (TPSA) is 51.0 Å². The van der Waals surface area contributed by atoms with E-state index < -0.39 is 0 Å². The summed E-state index contributed by atoms with van der Waals surface area (Å²) in [6.45, 7) is 4.69. The molecule has 29 heavy (non-hydrogen) atoms. The number of allylic oxidation sites excluding steroid dienone is 1. The standard InChI is InChI=1S/C25H22N4/c1-14-3-5-16-7-9-18-11-20-12-19-10-8-17-6-4-15(2)28-24(17)25(19)29-21(20)13-26-22(18)23(16)27-14/h3-6,11-12H,7-10,13H2,1-2H3. The van der Waals surface area contributed by atoms with Gasteiger partial charge in [0.25, 0.3) is 0 Å². The highest BCUT2D eigenvalue weighted by Gasteiger charge is 2.26. The number of fused-ring (bicyclic) bond motifs is 7. The number of rotatable bonds is 0. The van der Waals surface area contributed by atoms with Crippen molar-refractivity contribution in [3.05, 3.63) is 80.9 Å². The van der Waals surface area contributed by atoms with Crippen molar-refractivity contribution < 1.29 is 0 Å². The van der Waals surface area contributed by atoms with Gasteiger partial charge in [0.15, 0.2) is 0 Å². The molecule has 0 amide bonds. The van der Waals surface area contributed by atoms with Gasteiger partial charge in [-0.05, 0) is 91.6 Å². The van der Waals surface area contributed by atoms with Gasteiger partial charge in [0, 0.05) is 11.4 Å². The molecule has 0 saturated carbocycles. The Morgan fingerprint density at radius 2 is 1.34 bits per heavy atom. The average Bonchev–Trinajstić information content (AvgIpc) is 2.91. The maximum absolute atomic E-state index is 5.09. The summed E-state index contributed by atoms with van der Waals surface area (Å²) in [4.78, 5) is 19.7. The van der Waals surface area contributed by atoms with Crippen molar-refractivity contribution >= 4 is 11.8 Å². The molecule has 142 valence electrons. The van der Waals surface area contributed by atoms with Crippen molar-refractivity contribution in [1.29, 1.82) is 0 Å². The summed E-state index contributed by atoms with van der Waals surface area (Å²) in [6, 6.07) is 10.9. The minimum absolute atomic E-state index is 0.591. The van der Waals surface area contributed by atoms with Gasteiger partial charge < -0.3 is 0 Å². The molecule has 1 aliphatic heterocycles. The number of hydrogen-bond donors (Lipinski definition) is 0. The summed E-state index contributed by atoms with van der Waals surface area (Å²) >= 11 is 0. The fraction of sp³-hybridized carbons (Fsp3) is 0.280. The molecule has 0 unspecified atom stereocenters. The van der Waals surface area contributed by atoms with E-state index >= 15 is 0 Å². The average molecular weight is 378 g/mol. The molecular formula is C25H22N4. The number of hydrogen-bond acceptors (Lipinski definition) is 4. The first-order valence-corrected chi connectivity index (χ1v) is 10.4. The number of nitrogens with zero attached hydrogens (tertiary/aromatic N) is 4. The predicted octanol–water partition coefficient (Wildman–Crippen LogP) is 4.59. The van der Waals surface area contributed by atoms with E-state index in [4.69, 9.17) is 19.9 Å². The monoisotopic (exact) mass is 378 g/mol. The van der Waals surface area contributed by atoms with Gasteiger partial charge >= 0.3 is 0 Å². The third-order valence-corrected chi connectivity index (χ3v) is 6.25. The van der Waals surface area contributed by atoms with Crippen molar-refractivity contribution in [3.63, 3.8) is 0 Å². The Kier molecular flexibility index (Phi) is 3.58. The Morgan fingerprint density at radius 1 is 0.690 bits per heavy atom. The van der Waals surface area contributed by atoms with E-state index in [9.17, 15) is 0 Å². The minimum Gasteiger partial charge on any atom is -0.276 e. The van der Waals surface area contributed by atoms with E-state index in [-0.39, 0.29) is 0 Å². The second-order valence-electron chi connectivity index (χ2n) is 8.29. The molecule has 0 radical (unpaired) electrons. The molecule has 4 heterocycles. The fourth-order valence-corrected chi connectivity index (χ4v) is 4.71. The van der Waals surface area contributed by atoms with Crippen LogP contribution in [0.15, 0.2) is 40.9 Å². The Labute approximate surface area is 170 Å². The van der Waals surface area contributed by atoms with Crippen LogP contribution < -0.4 is 0 Å². The molecular weight excluding hydrogens is 356 g/mol. The number of aromatic nitrogens is 3. The molecule has 0 atom stereocenters. The lowest BCUT2D eigenvalue weighted by Crippen LogP contribution is -2.17. The van der Waals surface area contributed by atoms with E-state index in [1.165, 1.54) is 27.8 Å². The zero-order chi connectivity index (χ0) is 19.5. The Balaban J connectivity index is 1.50. The molecule has 4 nitrogen and oxygen atoms in total. The van der Waals surface area contributed by atoms with Crippen molar-refractivity contribution in [2.24, 2.45) is 4.99 Å². The molecule has 6 rings (SSSR count). The van der Waals surface area contributed by atoms with Gasteiger partial charge in [-0.1, -0.05) is 12.1 Å². The lowest BCUT2D eigenvalue weighted by atomic mass is 9.87. The van der Waals surface area contributed by atoms with Gasteiger partial charge in [0.1, 0.15) is 0 Å². The summed E-state index contributed by atoms with van der Waals surface area (Å²) in [5, 5.41) is 0. The zero-order valence-electron chi connectivity index (χ0n) is 16.8. The molecule has 0 aromatic carbocycles. The summed E-state index contributed by atoms with van der Waals surface area (Å²) < 4.78 is 0. The first-order valence-electron chi connectivity index (χ1n) is 10.4. The molecule has 3 aliphatic rings. The first kappa shape index (κ1) is 16.8. The molecule has 3 aromatic heterocycles. The molecule has 4 heteroatoms. The van der Waals surface area contributed by atoms with E-state index in [0.717, 1.165) is 65.6 Å². The van der Waals surface area contributed by atoms with Crippen LogP contribution in [0, 0.1) is 13.8 Å². The highest BCUT2D eigenvalue weighted by Crippen LogP contribution is 2.35. The van der Waals surface area contributed by atoms with Crippen LogP contribution in [0.2, 0.25) is 0 Å². The maximum atomic E-state index is 5.09. The number of aliphatic imine (C=N–C) groups is 1. The summed E-state index contributed by atoms with van der Waals surface area (Å²) in [5.41, 5.74) is 13.8. The van der Waals surface area contributed by atoms with Crippen LogP contribution in [-0.4, -0.2) is 20.7 Å². The lowest BCUT2D eigenvalue weighted by Gasteiger charge is -2.20. The van der Waals surface area contributed by atoms with Gasteiger partial charge in [0.05, 0.1) is 35.0 Å². The Bertz CT molecular complexity index is 1250. The van der Waals surface area contributed by atoms with Gasteiger partial charge in [0.2, 0.25) is 0 Å². The van der Waals surface area contributed by atoms with E-state index in [1.54, 1.807) is 0 Å². The van der Waals surface area contributed by atoms with Crippen LogP contribution in [-0.2, 0) is 25.8 Å². The minimum atomic E-state index is 0.591. The second-order valence-corrected chi connectivity index (χ2v) is 8.29. The van der Waals surface area contributed by atoms with Gasteiger partial charge in [-0.15, -0.1) is 0 Å². The molecule has 0 saturated heterocycles. The molecule has 0 spiro atoms. The van der Waals surface area contributed by atoms with Crippen LogP contribution in [0.5, 0.6) is 0 Å². The smallest absolute Gasteiger partial charge is 0.0925 e. The number of pyridine rings is 3. The Hall–Kier alpha value is -3.14. The van der Waals surface area contributed by atoms with Crippen molar-refractivity contribution in [1.82, 2.24) is 15.0 Å². The summed E-state index contributed by atoms with van der Waals surface area (Å²) in [6.07, 6.45) is 6.40. The van der Waals surface area contributed by atoms with Gasteiger partial charge in [-0.3, -0.25) is 15.0 Å². The summed E-state index contributed by atoms with van der Waals surface area (Å²) in [7, 11) is 0. The summed E-state index contributed by atoms with van der Waals surface area (Å²) in [5.74, 6) is 0. The van der Waals surface area contributed by atoms with Crippen molar-refractivity contribution in [2.75, 3.05) is 0 Å². The molecule has 0 N–H and O–H groups in total. The highest BCUT2D eigenvalue weighted by molar-refractivity contribution is 6.16. The maximum Gasteiger partial charge on any atom is 0.0925 e. The molecule has 3 aromatic rings. The lowest BCUT2D eigenvalue weighted by molar-refractivity contribution is 0.886. The number of aryl methyl sites for hydroxylation is 5.